The van der Waals surface area contributed by atoms with E-state index in [4.69, 9.17) is 5.84 Å². The summed E-state index contributed by atoms with van der Waals surface area (Å²) in [4.78, 5) is 4.24. The number of nitrogens with two attached hydrogens (primary N) is 1. The molecule has 80 valence electrons. The van der Waals surface area contributed by atoms with Crippen molar-refractivity contribution < 1.29 is 0 Å². The number of aryl methyl sites for hydroxylation is 1. The Morgan fingerprint density at radius 1 is 1.60 bits per heavy atom. The maximum absolute atomic E-state index is 5.35. The molecular formula is C8H12N6S. The Balaban J connectivity index is 2.21. The van der Waals surface area contributed by atoms with Crippen molar-refractivity contribution in [3.63, 3.8) is 0 Å². The predicted molar refractivity (Wildman–Crippen MR) is 58.4 cm³/mol. The lowest BCUT2D eigenvalue weighted by atomic mass is 10.4. The van der Waals surface area contributed by atoms with Crippen LogP contribution in [0.1, 0.15) is 18.4 Å². The second kappa shape index (κ2) is 4.37. The molecule has 2 aromatic rings. The van der Waals surface area contributed by atoms with Gasteiger partial charge in [0.15, 0.2) is 0 Å². The van der Waals surface area contributed by atoms with Gasteiger partial charge in [0.1, 0.15) is 16.5 Å². The van der Waals surface area contributed by atoms with Crippen LogP contribution in [0.3, 0.4) is 0 Å². The molecule has 0 aromatic carbocycles. The van der Waals surface area contributed by atoms with Crippen LogP contribution in [0.15, 0.2) is 12.4 Å². The number of nitrogen functional groups attached to an aromatic ring is 1. The van der Waals surface area contributed by atoms with Gasteiger partial charge in [-0.25, -0.2) is 10.8 Å². The lowest BCUT2D eigenvalue weighted by Gasteiger charge is -2.04. The van der Waals surface area contributed by atoms with Gasteiger partial charge in [0.05, 0.1) is 6.54 Å². The zero-order chi connectivity index (χ0) is 10.7. The van der Waals surface area contributed by atoms with Crippen molar-refractivity contribution in [2.75, 3.05) is 5.43 Å². The maximum Gasteiger partial charge on any atom is 0.149 e. The molecule has 0 aliphatic rings. The van der Waals surface area contributed by atoms with Gasteiger partial charge in [0.25, 0.3) is 0 Å². The summed E-state index contributed by atoms with van der Waals surface area (Å²) >= 11 is 1.25. The molecule has 0 aliphatic carbocycles. The Labute approximate surface area is 91.3 Å². The first-order valence-electron chi connectivity index (χ1n) is 4.63. The molecule has 0 unspecified atom stereocenters. The van der Waals surface area contributed by atoms with Crippen molar-refractivity contribution in [2.45, 2.75) is 19.9 Å². The monoisotopic (exact) mass is 224 g/mol. The fraction of sp³-hybridized carbons (Fsp3) is 0.375. The number of hydrogen-bond donors (Lipinski definition) is 2. The fourth-order valence-corrected chi connectivity index (χ4v) is 1.87. The number of rotatable bonds is 4. The molecule has 0 saturated carbocycles. The molecule has 7 heteroatoms. The lowest BCUT2D eigenvalue weighted by Crippen LogP contribution is -2.10. The molecule has 0 atom stereocenters. The molecule has 0 bridgehead atoms. The maximum atomic E-state index is 5.35. The van der Waals surface area contributed by atoms with E-state index in [2.05, 4.69) is 26.9 Å². The molecule has 3 N–H and O–H groups in total. The SMILES string of the molecule is CCc1nccn1Cc1nnsc1NN. The van der Waals surface area contributed by atoms with Crippen LogP contribution in [0.2, 0.25) is 0 Å². The molecule has 0 fully saturated rings. The van der Waals surface area contributed by atoms with Crippen LogP contribution in [-0.2, 0) is 13.0 Å². The minimum Gasteiger partial charge on any atom is -0.329 e. The van der Waals surface area contributed by atoms with Gasteiger partial charge in [-0.2, -0.15) is 0 Å². The zero-order valence-corrected chi connectivity index (χ0v) is 9.16. The molecule has 0 amide bonds. The molecule has 6 nitrogen and oxygen atoms in total. The zero-order valence-electron chi connectivity index (χ0n) is 8.34. The van der Waals surface area contributed by atoms with Crippen molar-refractivity contribution in [1.29, 1.82) is 0 Å². The first-order valence-corrected chi connectivity index (χ1v) is 5.40. The molecule has 2 aromatic heterocycles. The largest absolute Gasteiger partial charge is 0.329 e. The van der Waals surface area contributed by atoms with Gasteiger partial charge in [-0.3, -0.25) is 0 Å². The molecule has 2 heterocycles. The third-order valence-electron chi connectivity index (χ3n) is 2.12. The van der Waals surface area contributed by atoms with Gasteiger partial charge in [-0.05, 0) is 0 Å². The van der Waals surface area contributed by atoms with Gasteiger partial charge >= 0.3 is 0 Å². The average Bonchev–Trinajstić information content (AvgIpc) is 2.87. The van der Waals surface area contributed by atoms with Crippen molar-refractivity contribution >= 4 is 16.5 Å². The van der Waals surface area contributed by atoms with E-state index >= 15 is 0 Å². The summed E-state index contributed by atoms with van der Waals surface area (Å²) < 4.78 is 5.88. The highest BCUT2D eigenvalue weighted by Gasteiger charge is 2.08. The van der Waals surface area contributed by atoms with E-state index in [1.807, 2.05) is 10.8 Å². The van der Waals surface area contributed by atoms with Gasteiger partial charge < -0.3 is 9.99 Å². The number of imidazole rings is 1. The van der Waals surface area contributed by atoms with E-state index in [-0.39, 0.29) is 0 Å². The minimum absolute atomic E-state index is 0.652. The Morgan fingerprint density at radius 2 is 2.47 bits per heavy atom. The third kappa shape index (κ3) is 1.97. The smallest absolute Gasteiger partial charge is 0.149 e. The lowest BCUT2D eigenvalue weighted by molar-refractivity contribution is 0.714. The molecule has 0 aliphatic heterocycles. The number of aromatic nitrogens is 4. The quantitative estimate of drug-likeness (QED) is 0.588. The number of hydrogen-bond acceptors (Lipinski definition) is 6. The van der Waals surface area contributed by atoms with E-state index < -0.39 is 0 Å². The van der Waals surface area contributed by atoms with Crippen LogP contribution < -0.4 is 11.3 Å². The van der Waals surface area contributed by atoms with E-state index in [0.29, 0.717) is 6.54 Å². The fourth-order valence-electron chi connectivity index (χ4n) is 1.38. The topological polar surface area (TPSA) is 81.7 Å². The Morgan fingerprint density at radius 3 is 3.20 bits per heavy atom. The van der Waals surface area contributed by atoms with Crippen molar-refractivity contribution in [3.8, 4) is 0 Å². The first-order chi connectivity index (χ1) is 7.35. The number of nitrogens with zero attached hydrogens (tertiary/aromatic N) is 4. The van der Waals surface area contributed by atoms with Crippen LogP contribution >= 0.6 is 11.5 Å². The molecule has 0 radical (unpaired) electrons. The van der Waals surface area contributed by atoms with Crippen molar-refractivity contribution in [2.24, 2.45) is 5.84 Å². The standard InChI is InChI=1S/C8H12N6S/c1-2-7-10-3-4-14(7)5-6-8(11-9)15-13-12-6/h3-4,11H,2,5,9H2,1H3. The first kappa shape index (κ1) is 10.1. The van der Waals surface area contributed by atoms with Gasteiger partial charge in [0, 0.05) is 30.3 Å². The van der Waals surface area contributed by atoms with Crippen LogP contribution in [0.4, 0.5) is 5.00 Å². The minimum atomic E-state index is 0.652. The second-order valence-electron chi connectivity index (χ2n) is 3.02. The Bertz CT molecular complexity index is 394. The van der Waals surface area contributed by atoms with Gasteiger partial charge in [0.2, 0.25) is 0 Å². The average molecular weight is 224 g/mol. The van der Waals surface area contributed by atoms with E-state index in [9.17, 15) is 0 Å². The number of anilines is 1. The molecule has 2 rings (SSSR count). The Hall–Kier alpha value is -1.47. The van der Waals surface area contributed by atoms with Gasteiger partial charge in [-0.15, -0.1) is 5.10 Å². The summed E-state index contributed by atoms with van der Waals surface area (Å²) in [5.74, 6) is 6.38. The summed E-state index contributed by atoms with van der Waals surface area (Å²) in [5.41, 5.74) is 3.43. The predicted octanol–water partition coefficient (Wildman–Crippen LogP) is 0.631. The van der Waals surface area contributed by atoms with E-state index in [1.165, 1.54) is 11.5 Å². The van der Waals surface area contributed by atoms with Gasteiger partial charge in [-0.1, -0.05) is 11.4 Å². The van der Waals surface area contributed by atoms with Crippen molar-refractivity contribution in [1.82, 2.24) is 19.1 Å². The van der Waals surface area contributed by atoms with Crippen LogP contribution in [-0.4, -0.2) is 19.1 Å². The highest BCUT2D eigenvalue weighted by Crippen LogP contribution is 2.17. The summed E-state index contributed by atoms with van der Waals surface area (Å²) in [6.07, 6.45) is 4.61. The normalized spacial score (nSPS) is 10.5. The van der Waals surface area contributed by atoms with Crippen LogP contribution in [0, 0.1) is 0 Å². The summed E-state index contributed by atoms with van der Waals surface area (Å²) in [5, 5.41) is 4.81. The third-order valence-corrected chi connectivity index (χ3v) is 2.82. The van der Waals surface area contributed by atoms with Crippen LogP contribution in [0.25, 0.3) is 0 Å². The van der Waals surface area contributed by atoms with E-state index in [1.54, 1.807) is 6.20 Å². The summed E-state index contributed by atoms with van der Waals surface area (Å²) in [6, 6.07) is 0. The number of nitrogens with one attached hydrogen (secondary N) is 1. The Kier molecular flexibility index (Phi) is 2.93. The highest BCUT2D eigenvalue weighted by atomic mass is 32.1. The van der Waals surface area contributed by atoms with Crippen LogP contribution in [0.5, 0.6) is 0 Å². The number of hydrazine groups is 1. The molecule has 15 heavy (non-hydrogen) atoms. The molecule has 0 saturated heterocycles. The molecule has 0 spiro atoms. The highest BCUT2D eigenvalue weighted by molar-refractivity contribution is 7.10. The summed E-state index contributed by atoms with van der Waals surface area (Å²) in [7, 11) is 0. The van der Waals surface area contributed by atoms with Crippen molar-refractivity contribution in [3.05, 3.63) is 23.9 Å². The summed E-state index contributed by atoms with van der Waals surface area (Å²) in [6.45, 7) is 2.72. The van der Waals surface area contributed by atoms with E-state index in [0.717, 1.165) is 22.9 Å². The second-order valence-corrected chi connectivity index (χ2v) is 3.77. The molecular weight excluding hydrogens is 212 g/mol.